The molecule has 2 heterocycles. The van der Waals surface area contributed by atoms with Gasteiger partial charge in [0, 0.05) is 138 Å². The molecule has 12 rings (SSSR count). The Kier molecular flexibility index (Phi) is 34.0. The second-order valence-corrected chi connectivity index (χ2v) is 39.0. The maximum Gasteiger partial charge on any atom is 0.312 e. The Morgan fingerprint density at radius 3 is 1.23 bits per heavy atom. The van der Waals surface area contributed by atoms with Gasteiger partial charge in [0.05, 0.1) is 43.3 Å². The molecule has 636 valence electrons. The maximum absolute atomic E-state index is 13.4. The third kappa shape index (κ3) is 24.6. The molecule has 0 aromatic heterocycles. The van der Waals surface area contributed by atoms with Crippen molar-refractivity contribution in [2.75, 3.05) is 85.4 Å². The molecule has 0 radical (unpaired) electrons. The van der Waals surface area contributed by atoms with Crippen molar-refractivity contribution in [2.24, 2.45) is 11.8 Å². The summed E-state index contributed by atoms with van der Waals surface area (Å²) in [6.07, 6.45) is 7.56. The lowest BCUT2D eigenvalue weighted by atomic mass is 9.93. The largest absolute Gasteiger partial charge is 0.744 e. The van der Waals surface area contributed by atoms with Crippen molar-refractivity contribution >= 4 is 121 Å². The van der Waals surface area contributed by atoms with Crippen LogP contribution in [0.1, 0.15) is 107 Å². The molecule has 28 heteroatoms. The summed E-state index contributed by atoms with van der Waals surface area (Å²) < 4.78 is 161. The van der Waals surface area contributed by atoms with E-state index in [1.165, 1.54) is 34.1 Å². The van der Waals surface area contributed by atoms with Crippen molar-refractivity contribution < 1.29 is 60.2 Å². The van der Waals surface area contributed by atoms with E-state index in [1.54, 1.807) is 47.0 Å². The summed E-state index contributed by atoms with van der Waals surface area (Å²) in [5, 5.41) is 2.95. The van der Waals surface area contributed by atoms with E-state index in [0.717, 1.165) is 133 Å². The van der Waals surface area contributed by atoms with Crippen LogP contribution in [0.4, 0.5) is 11.4 Å². The quantitative estimate of drug-likeness (QED) is 0.00899. The van der Waals surface area contributed by atoms with Crippen molar-refractivity contribution in [1.82, 2.24) is 20.1 Å². The Labute approximate surface area is 724 Å². The summed E-state index contributed by atoms with van der Waals surface area (Å²) >= 11 is 6.97. The molecule has 2 atom stereocenters. The van der Waals surface area contributed by atoms with Gasteiger partial charge >= 0.3 is 20.2 Å². The van der Waals surface area contributed by atoms with E-state index in [0.29, 0.717) is 93.6 Å². The van der Waals surface area contributed by atoms with E-state index in [4.69, 9.17) is 17.4 Å². The zero-order chi connectivity index (χ0) is 85.4. The number of thioether (sulfide) groups is 4. The fourth-order valence-corrected chi connectivity index (χ4v) is 21.2. The molecule has 120 heavy (non-hydrogen) atoms. The van der Waals surface area contributed by atoms with E-state index >= 15 is 0 Å². The summed E-state index contributed by atoms with van der Waals surface area (Å²) in [4.78, 5) is 6.87. The predicted octanol–water partition coefficient (Wildman–Crippen LogP) is 19.4. The molecule has 0 amide bonds. The molecule has 20 nitrogen and oxygen atoms in total. The molecule has 0 bridgehead atoms. The molecule has 2 unspecified atom stereocenters. The number of nitrogens with zero attached hydrogens (tertiary/aromatic N) is 4. The van der Waals surface area contributed by atoms with E-state index in [2.05, 4.69) is 120 Å². The van der Waals surface area contributed by atoms with Gasteiger partial charge in [0.15, 0.2) is 12.4 Å². The van der Waals surface area contributed by atoms with Gasteiger partial charge in [-0.3, -0.25) is 0 Å². The number of anilines is 2. The fraction of sp³-hybridized carbons (Fsp3) is 0.326. The van der Waals surface area contributed by atoms with Crippen molar-refractivity contribution in [3.05, 3.63) is 241 Å². The number of hydrogen-bond acceptors (Lipinski definition) is 22. The average molecular weight is 1780 g/mol. The van der Waals surface area contributed by atoms with Crippen LogP contribution in [0.3, 0.4) is 0 Å². The lowest BCUT2D eigenvalue weighted by molar-refractivity contribution is 0.178. The lowest BCUT2D eigenvalue weighted by Gasteiger charge is -2.24. The van der Waals surface area contributed by atoms with Crippen LogP contribution in [0.25, 0.3) is 66.8 Å². The number of hydrogen-bond donors (Lipinski definition) is 2. The van der Waals surface area contributed by atoms with Gasteiger partial charge in [0.1, 0.15) is 56.0 Å². The van der Waals surface area contributed by atoms with Gasteiger partial charge in [0.25, 0.3) is 0 Å². The average Bonchev–Trinajstić information content (AvgIpc) is 0.741. The number of nitrogens with one attached hydrogen (secondary N) is 2. The fourth-order valence-electron chi connectivity index (χ4n) is 14.2. The highest BCUT2D eigenvalue weighted by Crippen LogP contribution is 2.46. The SMILES string of the molecule is CCCCC(CC)CNOS(=O)(=O)c1ccc(-c2c3cc/c(=[N+](\CC)CSc4ccccc4)cc-3oc3cc(N(CC)CSc4ccccc4)ccc23)c(S(=O)(=O)[O-])c1.CCCCC(CC)CNOS(=O)(=O)c1ccc(-c2c3ccc(=[N+](CC)CCSc4ccccc4)cc-3oc3cc(N(CC)CCSc4ccccc4)ccc23)c(S(=O)(=O)[O-])c1. The molecule has 0 fully saturated rings. The zero-order valence-electron chi connectivity index (χ0n) is 69.0. The van der Waals surface area contributed by atoms with Crippen LogP contribution in [0.2, 0.25) is 0 Å². The van der Waals surface area contributed by atoms with Gasteiger partial charge in [-0.25, -0.2) is 26.0 Å². The highest BCUT2D eigenvalue weighted by Gasteiger charge is 2.30. The number of hydroxylamine groups is 2. The summed E-state index contributed by atoms with van der Waals surface area (Å²) in [5.41, 5.74) is 10.1. The maximum atomic E-state index is 13.4. The first-order valence-electron chi connectivity index (χ1n) is 40.8. The number of unbranched alkanes of at least 4 members (excludes halogenated alkanes) is 2. The molecule has 8 aromatic carbocycles. The van der Waals surface area contributed by atoms with E-state index in [1.807, 2.05) is 159 Å². The Morgan fingerprint density at radius 2 is 0.825 bits per heavy atom. The third-order valence-electron chi connectivity index (χ3n) is 21.1. The van der Waals surface area contributed by atoms with E-state index in [-0.39, 0.29) is 23.0 Å². The molecule has 0 spiro atoms. The molecule has 0 saturated heterocycles. The molecule has 2 aliphatic heterocycles. The van der Waals surface area contributed by atoms with Crippen LogP contribution in [0.15, 0.2) is 279 Å². The molecule has 4 aliphatic rings. The number of fused-ring (bicyclic) bond motifs is 4. The molecule has 8 aromatic rings. The standard InChI is InChI=1S/C47H55N3O7S4.C45H51N3O7S4/c1-5-9-16-35(6-2)34-48-57-61(54,55)40-23-26-43(46(33-40)60(51,52)53)47-41-24-21-36(49(7-3)27-29-58-38-17-12-10-13-18-38)31-44(41)56-45-32-37(22-25-42(45)47)50(8-4)28-30-59-39-19-14-11-15-20-39;1-5-9-16-33(6-2)30-46-55-59(52,53)38-23-26-41(44(29-38)58(49,50)51)45-39-24-21-34(47(7-3)31-56-36-17-12-10-13-18-36)27-42(39)54-43-28-35(22-25-40(43)45)48(8-4)32-57-37-19-14-11-15-20-37/h10-15,17-26,31-33,35,48H,5-9,16,27-30,34H2,1-4H3;10-15,17-29,33,46H,5-9,16,30-32H2,1-4H3. The van der Waals surface area contributed by atoms with Crippen LogP contribution in [0, 0.1) is 11.8 Å². The minimum Gasteiger partial charge on any atom is -0.744 e. The smallest absolute Gasteiger partial charge is 0.312 e. The molecular formula is C92H106N6O14S8. The monoisotopic (exact) mass is 1770 g/mol. The van der Waals surface area contributed by atoms with Crippen LogP contribution in [-0.2, 0) is 49.0 Å². The zero-order valence-corrected chi connectivity index (χ0v) is 75.5. The van der Waals surface area contributed by atoms with Crippen molar-refractivity contribution in [3.8, 4) is 44.9 Å². The van der Waals surface area contributed by atoms with Gasteiger partial charge in [-0.05, 0) is 162 Å². The van der Waals surface area contributed by atoms with E-state index < -0.39 is 60.1 Å². The topological polar surface area (TPSA) is 264 Å². The Bertz CT molecular complexity index is 5970. The molecule has 0 saturated carbocycles. The number of rotatable bonds is 42. The normalized spacial score (nSPS) is 13.2. The Balaban J connectivity index is 0.000000235. The van der Waals surface area contributed by atoms with Crippen LogP contribution >= 0.6 is 47.0 Å². The first kappa shape index (κ1) is 92.4. The predicted molar refractivity (Wildman–Crippen MR) is 488 cm³/mol. The first-order valence-corrected chi connectivity index (χ1v) is 50.4. The lowest BCUT2D eigenvalue weighted by Crippen LogP contribution is -2.31. The van der Waals surface area contributed by atoms with Crippen LogP contribution in [-0.4, -0.2) is 118 Å². The highest BCUT2D eigenvalue weighted by molar-refractivity contribution is 8.00. The molecule has 2 aliphatic carbocycles. The Hall–Kier alpha value is -8.30. The summed E-state index contributed by atoms with van der Waals surface area (Å²) in [6, 6.07) is 71.0. The third-order valence-corrected chi connectivity index (χ3v) is 29.3. The van der Waals surface area contributed by atoms with Gasteiger partial charge in [-0.1, -0.05) is 163 Å². The summed E-state index contributed by atoms with van der Waals surface area (Å²) in [7, 11) is -19.4. The van der Waals surface area contributed by atoms with Gasteiger partial charge < -0.3 is 27.7 Å². The minimum absolute atomic E-state index is 0.0581. The van der Waals surface area contributed by atoms with Crippen LogP contribution in [0.5, 0.6) is 0 Å². The van der Waals surface area contributed by atoms with Crippen molar-refractivity contribution in [3.63, 3.8) is 0 Å². The molecular weight excluding hydrogens is 1670 g/mol. The van der Waals surface area contributed by atoms with Crippen molar-refractivity contribution in [1.29, 1.82) is 0 Å². The summed E-state index contributed by atoms with van der Waals surface area (Å²) in [5.74, 6) is 4.42. The van der Waals surface area contributed by atoms with E-state index in [9.17, 15) is 42.8 Å². The van der Waals surface area contributed by atoms with Crippen LogP contribution < -0.4 is 40.6 Å². The van der Waals surface area contributed by atoms with Crippen molar-refractivity contribution in [2.45, 2.75) is 146 Å². The second-order valence-electron chi connectivity index (χ2n) is 28.9. The van der Waals surface area contributed by atoms with Gasteiger partial charge in [-0.15, -0.1) is 35.3 Å². The summed E-state index contributed by atoms with van der Waals surface area (Å²) in [6.45, 7) is 21.6. The van der Waals surface area contributed by atoms with Gasteiger partial charge in [-0.2, -0.15) is 36.4 Å². The minimum atomic E-state index is -5.21. The first-order chi connectivity index (χ1) is 57.9. The highest BCUT2D eigenvalue weighted by atomic mass is 32.2. The van der Waals surface area contributed by atoms with Gasteiger partial charge in [0.2, 0.25) is 10.7 Å². The number of benzene rings is 10. The Morgan fingerprint density at radius 1 is 0.425 bits per heavy atom. The second kappa shape index (κ2) is 44.2. The molecule has 2 N–H and O–H groups in total.